The molecule has 1 fully saturated rings. The highest BCUT2D eigenvalue weighted by molar-refractivity contribution is 5.60. The van der Waals surface area contributed by atoms with Gasteiger partial charge in [0.2, 0.25) is 5.95 Å². The maximum atomic E-state index is 4.52. The van der Waals surface area contributed by atoms with Gasteiger partial charge in [-0.1, -0.05) is 6.92 Å². The van der Waals surface area contributed by atoms with Crippen LogP contribution in [0.3, 0.4) is 0 Å². The molecule has 0 saturated carbocycles. The standard InChI is InChI=1S/C18H25N5/c1-3-10-19-17-13-14(2)20-18(22-17)21-15-6-8-16(9-7-15)23-11-4-5-12-23/h6-9,13H,3-5,10-12H2,1-2H3,(H2,19,20,21,22). The molecule has 0 unspecified atom stereocenters. The second-order valence-corrected chi connectivity index (χ2v) is 6.01. The first-order chi connectivity index (χ1) is 11.2. The van der Waals surface area contributed by atoms with Gasteiger partial charge >= 0.3 is 0 Å². The Morgan fingerprint density at radius 2 is 1.83 bits per heavy atom. The van der Waals surface area contributed by atoms with Gasteiger partial charge in [0.15, 0.2) is 0 Å². The molecule has 1 aliphatic heterocycles. The Hall–Kier alpha value is -2.30. The van der Waals surface area contributed by atoms with Gasteiger partial charge in [-0.15, -0.1) is 0 Å². The van der Waals surface area contributed by atoms with Gasteiger partial charge in [-0.3, -0.25) is 0 Å². The quantitative estimate of drug-likeness (QED) is 0.846. The highest BCUT2D eigenvalue weighted by Gasteiger charge is 2.12. The minimum Gasteiger partial charge on any atom is -0.372 e. The molecule has 0 radical (unpaired) electrons. The number of hydrogen-bond acceptors (Lipinski definition) is 5. The fourth-order valence-corrected chi connectivity index (χ4v) is 2.83. The third-order valence-corrected chi connectivity index (χ3v) is 4.00. The Kier molecular flexibility index (Phi) is 4.95. The van der Waals surface area contributed by atoms with E-state index < -0.39 is 0 Å². The van der Waals surface area contributed by atoms with Gasteiger partial charge in [0.1, 0.15) is 5.82 Å². The van der Waals surface area contributed by atoms with Crippen LogP contribution in [0.15, 0.2) is 30.3 Å². The lowest BCUT2D eigenvalue weighted by Gasteiger charge is -2.18. The summed E-state index contributed by atoms with van der Waals surface area (Å²) >= 11 is 0. The van der Waals surface area contributed by atoms with Gasteiger partial charge in [0, 0.05) is 42.8 Å². The van der Waals surface area contributed by atoms with E-state index >= 15 is 0 Å². The monoisotopic (exact) mass is 311 g/mol. The van der Waals surface area contributed by atoms with Crippen LogP contribution in [0.25, 0.3) is 0 Å². The van der Waals surface area contributed by atoms with Crippen LogP contribution in [0.1, 0.15) is 31.9 Å². The van der Waals surface area contributed by atoms with Crippen LogP contribution in [-0.4, -0.2) is 29.6 Å². The summed E-state index contributed by atoms with van der Waals surface area (Å²) in [6.45, 7) is 7.38. The van der Waals surface area contributed by atoms with Crippen LogP contribution in [0, 0.1) is 6.92 Å². The van der Waals surface area contributed by atoms with Crippen LogP contribution in [0.2, 0.25) is 0 Å². The van der Waals surface area contributed by atoms with E-state index in [0.29, 0.717) is 5.95 Å². The lowest BCUT2D eigenvalue weighted by atomic mass is 10.2. The van der Waals surface area contributed by atoms with Crippen molar-refractivity contribution in [3.63, 3.8) is 0 Å². The molecule has 1 aromatic carbocycles. The van der Waals surface area contributed by atoms with E-state index in [9.17, 15) is 0 Å². The van der Waals surface area contributed by atoms with Gasteiger partial charge in [-0.05, 0) is 50.5 Å². The SMILES string of the molecule is CCCNc1cc(C)nc(Nc2ccc(N3CCCC3)cc2)n1. The largest absolute Gasteiger partial charge is 0.372 e. The summed E-state index contributed by atoms with van der Waals surface area (Å²) in [6, 6.07) is 10.5. The molecule has 3 rings (SSSR count). The maximum Gasteiger partial charge on any atom is 0.229 e. The molecule has 2 heterocycles. The Labute approximate surface area is 138 Å². The Morgan fingerprint density at radius 1 is 1.09 bits per heavy atom. The fraction of sp³-hybridized carbons (Fsp3) is 0.444. The first-order valence-electron chi connectivity index (χ1n) is 8.46. The lowest BCUT2D eigenvalue weighted by Crippen LogP contribution is -2.17. The van der Waals surface area contributed by atoms with Crippen molar-refractivity contribution in [3.05, 3.63) is 36.0 Å². The zero-order valence-electron chi connectivity index (χ0n) is 14.0. The van der Waals surface area contributed by atoms with Crippen LogP contribution in [0.4, 0.5) is 23.1 Å². The Morgan fingerprint density at radius 3 is 2.52 bits per heavy atom. The predicted molar refractivity (Wildman–Crippen MR) is 96.7 cm³/mol. The summed E-state index contributed by atoms with van der Waals surface area (Å²) in [6.07, 6.45) is 3.67. The Bertz CT molecular complexity index is 632. The number of nitrogens with one attached hydrogen (secondary N) is 2. The first-order valence-corrected chi connectivity index (χ1v) is 8.46. The average molecular weight is 311 g/mol. The van der Waals surface area contributed by atoms with Gasteiger partial charge < -0.3 is 15.5 Å². The van der Waals surface area contributed by atoms with Crippen molar-refractivity contribution in [2.24, 2.45) is 0 Å². The van der Waals surface area contributed by atoms with Crippen molar-refractivity contribution in [2.45, 2.75) is 33.1 Å². The number of aryl methyl sites for hydroxylation is 1. The maximum absolute atomic E-state index is 4.52. The molecule has 0 atom stereocenters. The number of hydrogen-bond donors (Lipinski definition) is 2. The summed E-state index contributed by atoms with van der Waals surface area (Å²) in [4.78, 5) is 11.4. The number of rotatable bonds is 6. The van der Waals surface area contributed by atoms with E-state index in [4.69, 9.17) is 0 Å². The van der Waals surface area contributed by atoms with E-state index in [1.54, 1.807) is 0 Å². The van der Waals surface area contributed by atoms with Crippen molar-refractivity contribution in [1.82, 2.24) is 9.97 Å². The van der Waals surface area contributed by atoms with Crippen molar-refractivity contribution in [1.29, 1.82) is 0 Å². The van der Waals surface area contributed by atoms with Gasteiger partial charge in [-0.25, -0.2) is 4.98 Å². The van der Waals surface area contributed by atoms with E-state index in [1.165, 1.54) is 31.6 Å². The van der Waals surface area contributed by atoms with Gasteiger partial charge in [0.25, 0.3) is 0 Å². The van der Waals surface area contributed by atoms with Crippen molar-refractivity contribution >= 4 is 23.1 Å². The van der Waals surface area contributed by atoms with Crippen LogP contribution >= 0.6 is 0 Å². The van der Waals surface area contributed by atoms with E-state index in [2.05, 4.69) is 56.7 Å². The number of aromatic nitrogens is 2. The molecule has 1 aliphatic rings. The highest BCUT2D eigenvalue weighted by Crippen LogP contribution is 2.23. The second-order valence-electron chi connectivity index (χ2n) is 6.01. The van der Waals surface area contributed by atoms with Crippen LogP contribution < -0.4 is 15.5 Å². The van der Waals surface area contributed by atoms with Gasteiger partial charge in [0.05, 0.1) is 0 Å². The molecule has 0 bridgehead atoms. The smallest absolute Gasteiger partial charge is 0.229 e. The van der Waals surface area contributed by atoms with Crippen molar-refractivity contribution in [2.75, 3.05) is 35.2 Å². The minimum atomic E-state index is 0.637. The lowest BCUT2D eigenvalue weighted by molar-refractivity contribution is 0.949. The van der Waals surface area contributed by atoms with Crippen LogP contribution in [-0.2, 0) is 0 Å². The molecule has 0 aliphatic carbocycles. The summed E-state index contributed by atoms with van der Waals surface area (Å²) in [7, 11) is 0. The predicted octanol–water partition coefficient (Wildman–Crippen LogP) is 3.95. The fourth-order valence-electron chi connectivity index (χ4n) is 2.83. The zero-order chi connectivity index (χ0) is 16.1. The minimum absolute atomic E-state index is 0.637. The normalized spacial score (nSPS) is 14.1. The average Bonchev–Trinajstić information content (AvgIpc) is 3.07. The molecule has 1 saturated heterocycles. The zero-order valence-corrected chi connectivity index (χ0v) is 14.0. The molecule has 0 amide bonds. The molecular weight excluding hydrogens is 286 g/mol. The van der Waals surface area contributed by atoms with Crippen molar-refractivity contribution < 1.29 is 0 Å². The summed E-state index contributed by atoms with van der Waals surface area (Å²) in [5.74, 6) is 1.51. The molecular formula is C18H25N5. The topological polar surface area (TPSA) is 53.1 Å². The molecule has 122 valence electrons. The summed E-state index contributed by atoms with van der Waals surface area (Å²) in [5.41, 5.74) is 3.26. The molecule has 5 nitrogen and oxygen atoms in total. The third-order valence-electron chi connectivity index (χ3n) is 4.00. The molecule has 2 N–H and O–H groups in total. The second kappa shape index (κ2) is 7.31. The Balaban J connectivity index is 1.69. The number of benzene rings is 1. The molecule has 1 aromatic heterocycles. The van der Waals surface area contributed by atoms with Crippen molar-refractivity contribution in [3.8, 4) is 0 Å². The molecule has 0 spiro atoms. The third kappa shape index (κ3) is 4.12. The van der Waals surface area contributed by atoms with Crippen LogP contribution in [0.5, 0.6) is 0 Å². The van der Waals surface area contributed by atoms with E-state index in [1.807, 2.05) is 13.0 Å². The summed E-state index contributed by atoms with van der Waals surface area (Å²) < 4.78 is 0. The number of anilines is 4. The van der Waals surface area contributed by atoms with Gasteiger partial charge in [-0.2, -0.15) is 4.98 Å². The first kappa shape index (κ1) is 15.6. The number of nitrogens with zero attached hydrogens (tertiary/aromatic N) is 3. The molecule has 23 heavy (non-hydrogen) atoms. The van der Waals surface area contributed by atoms with E-state index in [0.717, 1.165) is 30.2 Å². The van der Waals surface area contributed by atoms with E-state index in [-0.39, 0.29) is 0 Å². The summed E-state index contributed by atoms with van der Waals surface area (Å²) in [5, 5.41) is 6.61. The highest BCUT2D eigenvalue weighted by atomic mass is 15.2. The molecule has 5 heteroatoms. The molecule has 2 aromatic rings.